The Bertz CT molecular complexity index is 66.7. The van der Waals surface area contributed by atoms with Gasteiger partial charge in [-0.3, -0.25) is 4.79 Å². The summed E-state index contributed by atoms with van der Waals surface area (Å²) in [7, 11) is 0. The molecule has 0 aliphatic heterocycles. The van der Waals surface area contributed by atoms with Gasteiger partial charge in [0.05, 0.1) is 0 Å². The van der Waals surface area contributed by atoms with E-state index in [2.05, 4.69) is 0 Å². The second-order valence-electron chi connectivity index (χ2n) is 1.36. The van der Waals surface area contributed by atoms with E-state index in [1.165, 1.54) is 0 Å². The molecule has 0 heterocycles. The van der Waals surface area contributed by atoms with Gasteiger partial charge in [-0.05, 0) is 13.8 Å². The molecule has 0 bridgehead atoms. The second-order valence-corrected chi connectivity index (χ2v) is 1.36. The average Bonchev–Trinajstić information content (AvgIpc) is 1.88. The number of ether oxygens (including phenoxy) is 2. The Balaban J connectivity index is 3.29. The quantitative estimate of drug-likeness (QED) is 0.509. The zero-order valence-corrected chi connectivity index (χ0v) is 5.72. The standard InChI is InChI=1S/C6H11O3/c1-3-8-6(5-7)9-4-2/h6H,3-4H2,1-2H3. The molecular formula is C6H11O3. The molecule has 0 amide bonds. The van der Waals surface area contributed by atoms with Crippen LogP contribution in [0.4, 0.5) is 0 Å². The lowest BCUT2D eigenvalue weighted by Crippen LogP contribution is -2.18. The lowest BCUT2D eigenvalue weighted by atomic mass is 10.7. The average molecular weight is 131 g/mol. The number of hydrogen-bond acceptors (Lipinski definition) is 3. The molecule has 0 aliphatic carbocycles. The lowest BCUT2D eigenvalue weighted by molar-refractivity contribution is -0.0905. The van der Waals surface area contributed by atoms with Gasteiger partial charge in [-0.15, -0.1) is 0 Å². The van der Waals surface area contributed by atoms with Crippen LogP contribution in [0.15, 0.2) is 0 Å². The molecule has 0 saturated heterocycles. The molecule has 0 spiro atoms. The van der Waals surface area contributed by atoms with Crippen LogP contribution in [0, 0.1) is 0 Å². The van der Waals surface area contributed by atoms with Crippen molar-refractivity contribution in [3.63, 3.8) is 0 Å². The third-order valence-corrected chi connectivity index (χ3v) is 0.732. The van der Waals surface area contributed by atoms with Crippen LogP contribution in [0.5, 0.6) is 0 Å². The minimum absolute atomic E-state index is 0.472. The first-order chi connectivity index (χ1) is 4.35. The summed E-state index contributed by atoms with van der Waals surface area (Å²) in [6.07, 6.45) is 0.818. The number of hydrogen-bond donors (Lipinski definition) is 0. The normalized spacial score (nSPS) is 10.1. The summed E-state index contributed by atoms with van der Waals surface area (Å²) in [6, 6.07) is 0. The Labute approximate surface area is 55.0 Å². The second kappa shape index (κ2) is 5.72. The van der Waals surface area contributed by atoms with Gasteiger partial charge in [0.25, 0.3) is 6.29 Å². The Kier molecular flexibility index (Phi) is 5.46. The Hall–Kier alpha value is -0.410. The molecule has 0 aromatic heterocycles. The van der Waals surface area contributed by atoms with Crippen molar-refractivity contribution in [2.24, 2.45) is 0 Å². The van der Waals surface area contributed by atoms with E-state index in [1.807, 2.05) is 0 Å². The zero-order chi connectivity index (χ0) is 7.11. The van der Waals surface area contributed by atoms with E-state index in [1.54, 1.807) is 20.1 Å². The van der Waals surface area contributed by atoms with Gasteiger partial charge >= 0.3 is 0 Å². The van der Waals surface area contributed by atoms with E-state index in [0.717, 1.165) is 0 Å². The summed E-state index contributed by atoms with van der Waals surface area (Å²) in [5.41, 5.74) is 0. The van der Waals surface area contributed by atoms with E-state index < -0.39 is 6.29 Å². The summed E-state index contributed by atoms with van der Waals surface area (Å²) in [5.74, 6) is 0. The number of rotatable bonds is 5. The van der Waals surface area contributed by atoms with Gasteiger partial charge in [0.2, 0.25) is 6.29 Å². The summed E-state index contributed by atoms with van der Waals surface area (Å²) in [6.45, 7) is 4.53. The maximum absolute atomic E-state index is 9.91. The summed E-state index contributed by atoms with van der Waals surface area (Å²) < 4.78 is 9.57. The molecule has 0 aromatic rings. The van der Waals surface area contributed by atoms with Crippen LogP contribution in [-0.4, -0.2) is 25.8 Å². The van der Waals surface area contributed by atoms with E-state index >= 15 is 0 Å². The maximum atomic E-state index is 9.91. The Morgan fingerprint density at radius 3 is 2.00 bits per heavy atom. The summed E-state index contributed by atoms with van der Waals surface area (Å²) in [4.78, 5) is 9.91. The molecular weight excluding hydrogens is 120 g/mol. The fourth-order valence-electron chi connectivity index (χ4n) is 0.419. The molecule has 0 rings (SSSR count). The first-order valence-electron chi connectivity index (χ1n) is 2.96. The molecule has 9 heavy (non-hydrogen) atoms. The van der Waals surface area contributed by atoms with E-state index in [-0.39, 0.29) is 0 Å². The topological polar surface area (TPSA) is 35.5 Å². The van der Waals surface area contributed by atoms with Crippen LogP contribution >= 0.6 is 0 Å². The van der Waals surface area contributed by atoms with Gasteiger partial charge in [-0.2, -0.15) is 0 Å². The highest BCUT2D eigenvalue weighted by Gasteiger charge is 2.04. The van der Waals surface area contributed by atoms with Gasteiger partial charge in [-0.1, -0.05) is 0 Å². The SMILES string of the molecule is CCOC([C]=O)OCC. The molecule has 0 aliphatic rings. The van der Waals surface area contributed by atoms with Crippen molar-refractivity contribution >= 4 is 6.29 Å². The molecule has 1 radical (unpaired) electrons. The maximum Gasteiger partial charge on any atom is 0.259 e. The first kappa shape index (κ1) is 8.59. The minimum atomic E-state index is -0.792. The van der Waals surface area contributed by atoms with Crippen molar-refractivity contribution in [2.45, 2.75) is 20.1 Å². The molecule has 0 aromatic carbocycles. The van der Waals surface area contributed by atoms with Crippen LogP contribution in [-0.2, 0) is 14.3 Å². The minimum Gasteiger partial charge on any atom is -0.346 e. The van der Waals surface area contributed by atoms with Crippen molar-refractivity contribution in [2.75, 3.05) is 13.2 Å². The van der Waals surface area contributed by atoms with Gasteiger partial charge in [0.1, 0.15) is 0 Å². The molecule has 0 saturated carbocycles. The summed E-state index contributed by atoms with van der Waals surface area (Å²) in [5, 5.41) is 0. The van der Waals surface area contributed by atoms with Crippen LogP contribution in [0.1, 0.15) is 13.8 Å². The van der Waals surface area contributed by atoms with Crippen LogP contribution in [0.2, 0.25) is 0 Å². The number of carbonyl (C=O) groups excluding carboxylic acids is 1. The Morgan fingerprint density at radius 2 is 1.78 bits per heavy atom. The summed E-state index contributed by atoms with van der Waals surface area (Å²) >= 11 is 0. The highest BCUT2D eigenvalue weighted by Crippen LogP contribution is 1.88. The van der Waals surface area contributed by atoms with Crippen molar-refractivity contribution in [3.05, 3.63) is 0 Å². The van der Waals surface area contributed by atoms with E-state index in [4.69, 9.17) is 9.47 Å². The van der Waals surface area contributed by atoms with E-state index in [9.17, 15) is 4.79 Å². The smallest absolute Gasteiger partial charge is 0.259 e. The monoisotopic (exact) mass is 131 g/mol. The predicted octanol–water partition coefficient (Wildman–Crippen LogP) is 0.495. The third kappa shape index (κ3) is 4.12. The fourth-order valence-corrected chi connectivity index (χ4v) is 0.419. The van der Waals surface area contributed by atoms with Gasteiger partial charge in [-0.25, -0.2) is 0 Å². The molecule has 0 unspecified atom stereocenters. The van der Waals surface area contributed by atoms with Crippen molar-refractivity contribution in [3.8, 4) is 0 Å². The van der Waals surface area contributed by atoms with Crippen molar-refractivity contribution < 1.29 is 14.3 Å². The zero-order valence-electron chi connectivity index (χ0n) is 5.72. The van der Waals surface area contributed by atoms with Crippen LogP contribution in [0.25, 0.3) is 0 Å². The van der Waals surface area contributed by atoms with Gasteiger partial charge in [0.15, 0.2) is 0 Å². The molecule has 0 fully saturated rings. The lowest BCUT2D eigenvalue weighted by Gasteiger charge is -2.07. The van der Waals surface area contributed by atoms with Crippen molar-refractivity contribution in [1.29, 1.82) is 0 Å². The first-order valence-corrected chi connectivity index (χ1v) is 2.96. The van der Waals surface area contributed by atoms with E-state index in [0.29, 0.717) is 13.2 Å². The molecule has 0 N–H and O–H groups in total. The highest BCUT2D eigenvalue weighted by atomic mass is 16.7. The van der Waals surface area contributed by atoms with Gasteiger partial charge < -0.3 is 9.47 Å². The molecule has 53 valence electrons. The largest absolute Gasteiger partial charge is 0.346 e. The van der Waals surface area contributed by atoms with Crippen molar-refractivity contribution in [1.82, 2.24) is 0 Å². The van der Waals surface area contributed by atoms with Gasteiger partial charge in [0, 0.05) is 13.2 Å². The molecule has 0 atom stereocenters. The Morgan fingerprint density at radius 1 is 1.33 bits per heavy atom. The third-order valence-electron chi connectivity index (χ3n) is 0.732. The van der Waals surface area contributed by atoms with Crippen LogP contribution in [0.3, 0.4) is 0 Å². The molecule has 3 heteroatoms. The predicted molar refractivity (Wildman–Crippen MR) is 32.7 cm³/mol. The molecule has 3 nitrogen and oxygen atoms in total. The van der Waals surface area contributed by atoms with Crippen LogP contribution < -0.4 is 0 Å². The highest BCUT2D eigenvalue weighted by molar-refractivity contribution is 5.54. The fraction of sp³-hybridized carbons (Fsp3) is 0.833.